The second-order valence-corrected chi connectivity index (χ2v) is 4.79. The van der Waals surface area contributed by atoms with Gasteiger partial charge in [-0.3, -0.25) is 9.69 Å². The van der Waals surface area contributed by atoms with Crippen LogP contribution < -0.4 is 0 Å². The van der Waals surface area contributed by atoms with E-state index in [4.69, 9.17) is 5.11 Å². The first kappa shape index (κ1) is 14.9. The molecule has 2 atom stereocenters. The Kier molecular flexibility index (Phi) is 5.51. The van der Waals surface area contributed by atoms with Crippen molar-refractivity contribution in [2.45, 2.75) is 39.3 Å². The molecule has 0 spiro atoms. The standard InChI is InChI=1S/C15H23NO2/c1-5-13-6-8-14(9-7-13)15(18)12(3)16(4)11(2)10-17/h6-9,11-12,17H,5,10H2,1-4H3. The third kappa shape index (κ3) is 3.40. The average Bonchev–Trinajstić information content (AvgIpc) is 2.44. The number of hydrogen-bond donors (Lipinski definition) is 1. The second-order valence-electron chi connectivity index (χ2n) is 4.79. The molecule has 100 valence electrons. The van der Waals surface area contributed by atoms with Crippen molar-refractivity contribution >= 4 is 5.78 Å². The molecule has 1 N–H and O–H groups in total. The number of aryl methyl sites for hydroxylation is 1. The van der Waals surface area contributed by atoms with Gasteiger partial charge in [-0.25, -0.2) is 0 Å². The molecule has 0 amide bonds. The lowest BCUT2D eigenvalue weighted by atomic mass is 10.0. The number of nitrogens with zero attached hydrogens (tertiary/aromatic N) is 1. The predicted octanol–water partition coefficient (Wildman–Crippen LogP) is 2.13. The van der Waals surface area contributed by atoms with Crippen molar-refractivity contribution in [2.75, 3.05) is 13.7 Å². The quantitative estimate of drug-likeness (QED) is 0.785. The van der Waals surface area contributed by atoms with E-state index in [1.54, 1.807) is 0 Å². The van der Waals surface area contributed by atoms with Gasteiger partial charge in [0.25, 0.3) is 0 Å². The monoisotopic (exact) mass is 249 g/mol. The first-order chi connectivity index (χ1) is 8.51. The maximum Gasteiger partial charge on any atom is 0.179 e. The lowest BCUT2D eigenvalue weighted by molar-refractivity contribution is 0.0763. The van der Waals surface area contributed by atoms with Crippen LogP contribution >= 0.6 is 0 Å². The van der Waals surface area contributed by atoms with Gasteiger partial charge in [0.1, 0.15) is 0 Å². The van der Waals surface area contributed by atoms with E-state index in [0.717, 1.165) is 12.0 Å². The highest BCUT2D eigenvalue weighted by atomic mass is 16.3. The Morgan fingerprint density at radius 1 is 1.28 bits per heavy atom. The molecule has 1 aromatic carbocycles. The number of benzene rings is 1. The van der Waals surface area contributed by atoms with E-state index >= 15 is 0 Å². The van der Waals surface area contributed by atoms with E-state index < -0.39 is 0 Å². The minimum Gasteiger partial charge on any atom is -0.395 e. The van der Waals surface area contributed by atoms with Gasteiger partial charge in [-0.2, -0.15) is 0 Å². The molecule has 2 unspecified atom stereocenters. The summed E-state index contributed by atoms with van der Waals surface area (Å²) in [5.41, 5.74) is 1.97. The Hall–Kier alpha value is -1.19. The van der Waals surface area contributed by atoms with Gasteiger partial charge in [0.15, 0.2) is 5.78 Å². The third-order valence-corrected chi connectivity index (χ3v) is 3.60. The molecule has 0 aliphatic heterocycles. The number of likely N-dealkylation sites (N-methyl/N-ethyl adjacent to an activating group) is 1. The van der Waals surface area contributed by atoms with Gasteiger partial charge in [-0.15, -0.1) is 0 Å². The van der Waals surface area contributed by atoms with Crippen LogP contribution in [0.15, 0.2) is 24.3 Å². The zero-order valence-electron chi connectivity index (χ0n) is 11.7. The highest BCUT2D eigenvalue weighted by Crippen LogP contribution is 2.12. The first-order valence-corrected chi connectivity index (χ1v) is 6.47. The van der Waals surface area contributed by atoms with Crippen molar-refractivity contribution in [1.82, 2.24) is 4.90 Å². The molecule has 1 aromatic rings. The van der Waals surface area contributed by atoms with Crippen molar-refractivity contribution in [3.8, 4) is 0 Å². The summed E-state index contributed by atoms with van der Waals surface area (Å²) in [7, 11) is 1.86. The summed E-state index contributed by atoms with van der Waals surface area (Å²) in [4.78, 5) is 14.2. The molecule has 0 saturated carbocycles. The number of ketones is 1. The van der Waals surface area contributed by atoms with Crippen LogP contribution in [0.1, 0.15) is 36.7 Å². The molecule has 3 nitrogen and oxygen atoms in total. The van der Waals surface area contributed by atoms with Crippen LogP contribution in [0, 0.1) is 0 Å². The van der Waals surface area contributed by atoms with E-state index in [9.17, 15) is 4.79 Å². The molecule has 0 aliphatic rings. The molecule has 0 saturated heterocycles. The Bertz CT molecular complexity index is 386. The highest BCUT2D eigenvalue weighted by Gasteiger charge is 2.22. The Morgan fingerprint density at radius 2 is 1.83 bits per heavy atom. The van der Waals surface area contributed by atoms with Gasteiger partial charge in [-0.1, -0.05) is 31.2 Å². The van der Waals surface area contributed by atoms with Crippen LogP contribution in [0.4, 0.5) is 0 Å². The van der Waals surface area contributed by atoms with Crippen LogP contribution in [0.25, 0.3) is 0 Å². The Labute approximate surface area is 109 Å². The lowest BCUT2D eigenvalue weighted by Crippen LogP contribution is -2.43. The minimum absolute atomic E-state index is 0.0149. The summed E-state index contributed by atoms with van der Waals surface area (Å²) in [6.45, 7) is 5.94. The van der Waals surface area contributed by atoms with Crippen LogP contribution in [0.3, 0.4) is 0 Å². The first-order valence-electron chi connectivity index (χ1n) is 6.47. The zero-order valence-corrected chi connectivity index (χ0v) is 11.7. The maximum absolute atomic E-state index is 12.3. The molecule has 0 heterocycles. The van der Waals surface area contributed by atoms with E-state index in [0.29, 0.717) is 0 Å². The van der Waals surface area contributed by atoms with E-state index in [1.807, 2.05) is 50.1 Å². The molecule has 0 fully saturated rings. The summed E-state index contributed by atoms with van der Waals surface area (Å²) in [6, 6.07) is 7.52. The van der Waals surface area contributed by atoms with Gasteiger partial charge in [-0.05, 0) is 32.9 Å². The van der Waals surface area contributed by atoms with Gasteiger partial charge in [0.2, 0.25) is 0 Å². The van der Waals surface area contributed by atoms with Crippen molar-refractivity contribution in [2.24, 2.45) is 0 Å². The Morgan fingerprint density at radius 3 is 2.28 bits per heavy atom. The fraction of sp³-hybridized carbons (Fsp3) is 0.533. The molecule has 0 aliphatic carbocycles. The summed E-state index contributed by atoms with van der Waals surface area (Å²) in [6.07, 6.45) is 0.978. The van der Waals surface area contributed by atoms with Crippen LogP contribution in [-0.2, 0) is 6.42 Å². The van der Waals surface area contributed by atoms with Gasteiger partial charge >= 0.3 is 0 Å². The zero-order chi connectivity index (χ0) is 13.7. The lowest BCUT2D eigenvalue weighted by Gasteiger charge is -2.28. The minimum atomic E-state index is -0.223. The van der Waals surface area contributed by atoms with Crippen LogP contribution in [0.5, 0.6) is 0 Å². The molecule has 3 heteroatoms. The summed E-state index contributed by atoms with van der Waals surface area (Å²) < 4.78 is 0. The molecular formula is C15H23NO2. The summed E-state index contributed by atoms with van der Waals surface area (Å²) in [5.74, 6) is 0.0976. The van der Waals surface area contributed by atoms with E-state index in [1.165, 1.54) is 5.56 Å². The average molecular weight is 249 g/mol. The number of Topliss-reactive ketones (excluding diaryl/α,β-unsaturated/α-hetero) is 1. The highest BCUT2D eigenvalue weighted by molar-refractivity contribution is 5.99. The van der Waals surface area contributed by atoms with Crippen molar-refractivity contribution in [3.05, 3.63) is 35.4 Å². The number of aliphatic hydroxyl groups is 1. The van der Waals surface area contributed by atoms with Crippen molar-refractivity contribution in [1.29, 1.82) is 0 Å². The van der Waals surface area contributed by atoms with Crippen molar-refractivity contribution in [3.63, 3.8) is 0 Å². The number of hydrogen-bond acceptors (Lipinski definition) is 3. The number of aliphatic hydroxyl groups excluding tert-OH is 1. The van der Waals surface area contributed by atoms with Crippen LogP contribution in [-0.4, -0.2) is 41.5 Å². The van der Waals surface area contributed by atoms with E-state index in [2.05, 4.69) is 6.92 Å². The molecule has 18 heavy (non-hydrogen) atoms. The summed E-state index contributed by atoms with van der Waals surface area (Å²) in [5, 5.41) is 9.12. The van der Waals surface area contributed by atoms with Gasteiger partial charge in [0, 0.05) is 11.6 Å². The predicted molar refractivity (Wildman–Crippen MR) is 73.9 cm³/mol. The molecule has 0 bridgehead atoms. The number of carbonyl (C=O) groups is 1. The maximum atomic E-state index is 12.3. The van der Waals surface area contributed by atoms with Gasteiger partial charge < -0.3 is 5.11 Å². The molecule has 1 rings (SSSR count). The third-order valence-electron chi connectivity index (χ3n) is 3.60. The molecule has 0 radical (unpaired) electrons. The topological polar surface area (TPSA) is 40.5 Å². The van der Waals surface area contributed by atoms with Gasteiger partial charge in [0.05, 0.1) is 12.6 Å². The number of rotatable bonds is 6. The fourth-order valence-electron chi connectivity index (χ4n) is 1.84. The van der Waals surface area contributed by atoms with Crippen molar-refractivity contribution < 1.29 is 9.90 Å². The SMILES string of the molecule is CCc1ccc(C(=O)C(C)N(C)C(C)CO)cc1. The summed E-state index contributed by atoms with van der Waals surface area (Å²) >= 11 is 0. The fourth-order valence-corrected chi connectivity index (χ4v) is 1.84. The largest absolute Gasteiger partial charge is 0.395 e. The normalized spacial score (nSPS) is 14.6. The Balaban J connectivity index is 2.79. The molecular weight excluding hydrogens is 226 g/mol. The second kappa shape index (κ2) is 6.66. The van der Waals surface area contributed by atoms with Crippen LogP contribution in [0.2, 0.25) is 0 Å². The van der Waals surface area contributed by atoms with E-state index in [-0.39, 0.29) is 24.5 Å². The number of carbonyl (C=O) groups excluding carboxylic acids is 1. The smallest absolute Gasteiger partial charge is 0.179 e. The molecule has 0 aromatic heterocycles.